The van der Waals surface area contributed by atoms with E-state index in [0.717, 1.165) is 4.31 Å². The molecule has 208 valence electrons. The van der Waals surface area contributed by atoms with Crippen LogP contribution >= 0.6 is 34.8 Å². The summed E-state index contributed by atoms with van der Waals surface area (Å²) < 4.78 is 33.7. The third-order valence-corrected chi connectivity index (χ3v) is 8.66. The molecule has 0 unspecified atom stereocenters. The minimum atomic E-state index is -4.25. The van der Waals surface area contributed by atoms with Gasteiger partial charge < -0.3 is 15.0 Å². The molecular formula is C27H28Cl3N3O5S. The number of rotatable bonds is 11. The molecular weight excluding hydrogens is 585 g/mol. The van der Waals surface area contributed by atoms with Crippen molar-refractivity contribution in [1.82, 2.24) is 10.2 Å². The number of carbonyl (C=O) groups is 2. The van der Waals surface area contributed by atoms with Gasteiger partial charge in [-0.05, 0) is 68.4 Å². The van der Waals surface area contributed by atoms with Crippen LogP contribution in [0.5, 0.6) is 5.75 Å². The maximum Gasteiger partial charge on any atom is 0.264 e. The van der Waals surface area contributed by atoms with Crippen LogP contribution in [0.4, 0.5) is 5.69 Å². The lowest BCUT2D eigenvalue weighted by Crippen LogP contribution is -2.51. The molecule has 0 radical (unpaired) electrons. The van der Waals surface area contributed by atoms with Crippen molar-refractivity contribution in [3.05, 3.63) is 87.4 Å². The second kappa shape index (κ2) is 13.4. The molecule has 0 fully saturated rings. The Balaban J connectivity index is 2.07. The Morgan fingerprint density at radius 2 is 1.59 bits per heavy atom. The van der Waals surface area contributed by atoms with Crippen molar-refractivity contribution < 1.29 is 22.7 Å². The molecule has 0 saturated heterocycles. The van der Waals surface area contributed by atoms with Gasteiger partial charge in [0.25, 0.3) is 10.0 Å². The molecule has 0 bridgehead atoms. The summed E-state index contributed by atoms with van der Waals surface area (Å²) in [6.07, 6.45) is 0. The number of halogens is 3. The standard InChI is InChI=1S/C27H28Cl3N3O5S/c1-4-31-27(35)18(2)32(16-23-24(29)9-6-10-25(23)30)26(34)17-33(20-8-5-7-19(28)15-20)39(36,37)22-13-11-21(38-3)12-14-22/h5-15,18H,4,16-17H2,1-3H3,(H,31,35)/t18-/m1/s1. The average Bonchev–Trinajstić information content (AvgIpc) is 2.91. The number of anilines is 1. The molecule has 1 atom stereocenters. The average molecular weight is 613 g/mol. The van der Waals surface area contributed by atoms with Crippen LogP contribution in [0, 0.1) is 0 Å². The summed E-state index contributed by atoms with van der Waals surface area (Å²) in [6, 6.07) is 15.9. The molecule has 0 aliphatic heterocycles. The van der Waals surface area contributed by atoms with E-state index in [9.17, 15) is 18.0 Å². The van der Waals surface area contributed by atoms with E-state index in [1.807, 2.05) is 0 Å². The van der Waals surface area contributed by atoms with E-state index >= 15 is 0 Å². The molecule has 0 spiro atoms. The fraction of sp³-hybridized carbons (Fsp3) is 0.259. The summed E-state index contributed by atoms with van der Waals surface area (Å²) in [5.41, 5.74) is 0.603. The topological polar surface area (TPSA) is 96.0 Å². The van der Waals surface area contributed by atoms with E-state index in [0.29, 0.717) is 27.9 Å². The van der Waals surface area contributed by atoms with Crippen LogP contribution in [0.1, 0.15) is 19.4 Å². The van der Waals surface area contributed by atoms with Gasteiger partial charge in [-0.3, -0.25) is 13.9 Å². The number of nitrogens with one attached hydrogen (secondary N) is 1. The molecule has 3 rings (SSSR count). The molecule has 0 aliphatic rings. The monoisotopic (exact) mass is 611 g/mol. The Morgan fingerprint density at radius 3 is 2.15 bits per heavy atom. The van der Waals surface area contributed by atoms with Crippen molar-refractivity contribution >= 4 is 62.3 Å². The third-order valence-electron chi connectivity index (χ3n) is 5.93. The van der Waals surface area contributed by atoms with Gasteiger partial charge in [-0.1, -0.05) is 46.9 Å². The Labute approximate surface area is 243 Å². The first kappa shape index (κ1) is 30.6. The Hall–Kier alpha value is -2.98. The predicted octanol–water partition coefficient (Wildman–Crippen LogP) is 5.40. The first-order valence-electron chi connectivity index (χ1n) is 11.9. The van der Waals surface area contributed by atoms with Gasteiger partial charge in [0.15, 0.2) is 0 Å². The van der Waals surface area contributed by atoms with Crippen LogP contribution in [-0.4, -0.2) is 51.4 Å². The highest BCUT2D eigenvalue weighted by atomic mass is 35.5. The lowest BCUT2D eigenvalue weighted by molar-refractivity contribution is -0.139. The maximum atomic E-state index is 13.9. The lowest BCUT2D eigenvalue weighted by atomic mass is 10.1. The summed E-state index contributed by atoms with van der Waals surface area (Å²) in [7, 11) is -2.78. The molecule has 0 saturated carbocycles. The van der Waals surface area contributed by atoms with Gasteiger partial charge in [0.2, 0.25) is 11.8 Å². The number of benzene rings is 3. The predicted molar refractivity (Wildman–Crippen MR) is 154 cm³/mol. The number of ether oxygens (including phenoxy) is 1. The molecule has 8 nitrogen and oxygen atoms in total. The van der Waals surface area contributed by atoms with Gasteiger partial charge in [0.1, 0.15) is 18.3 Å². The highest BCUT2D eigenvalue weighted by molar-refractivity contribution is 7.92. The fourth-order valence-corrected chi connectivity index (χ4v) is 5.90. The zero-order chi connectivity index (χ0) is 28.7. The van der Waals surface area contributed by atoms with Crippen LogP contribution in [0.2, 0.25) is 15.1 Å². The number of hydrogen-bond donors (Lipinski definition) is 1. The smallest absolute Gasteiger partial charge is 0.264 e. The SMILES string of the molecule is CCNC(=O)[C@@H](C)N(Cc1c(Cl)cccc1Cl)C(=O)CN(c1cccc(Cl)c1)S(=O)(=O)c1ccc(OC)cc1. The Bertz CT molecular complexity index is 1410. The quantitative estimate of drug-likeness (QED) is 0.313. The van der Waals surface area contributed by atoms with Crippen molar-refractivity contribution in [2.75, 3.05) is 24.5 Å². The summed E-state index contributed by atoms with van der Waals surface area (Å²) in [5.74, 6) is -0.596. The molecule has 0 aliphatic carbocycles. The minimum absolute atomic E-state index is 0.0615. The van der Waals surface area contributed by atoms with Crippen molar-refractivity contribution in [1.29, 1.82) is 0 Å². The van der Waals surface area contributed by atoms with E-state index in [2.05, 4.69) is 5.32 Å². The summed E-state index contributed by atoms with van der Waals surface area (Å²) >= 11 is 18.9. The first-order valence-corrected chi connectivity index (χ1v) is 14.5. The number of carbonyl (C=O) groups excluding carboxylic acids is 2. The summed E-state index contributed by atoms with van der Waals surface area (Å²) in [4.78, 5) is 27.9. The third kappa shape index (κ3) is 7.36. The molecule has 39 heavy (non-hydrogen) atoms. The number of sulfonamides is 1. The molecule has 0 aromatic heterocycles. The maximum absolute atomic E-state index is 13.9. The molecule has 3 aromatic rings. The van der Waals surface area contributed by atoms with Gasteiger partial charge >= 0.3 is 0 Å². The first-order chi connectivity index (χ1) is 18.5. The van der Waals surface area contributed by atoms with Gasteiger partial charge in [-0.25, -0.2) is 8.42 Å². The van der Waals surface area contributed by atoms with Gasteiger partial charge in [0, 0.05) is 33.7 Å². The van der Waals surface area contributed by atoms with Crippen molar-refractivity contribution in [3.63, 3.8) is 0 Å². The van der Waals surface area contributed by atoms with Gasteiger partial charge in [-0.15, -0.1) is 0 Å². The molecule has 12 heteroatoms. The van der Waals surface area contributed by atoms with Gasteiger partial charge in [-0.2, -0.15) is 0 Å². The van der Waals surface area contributed by atoms with Crippen LogP contribution < -0.4 is 14.4 Å². The lowest BCUT2D eigenvalue weighted by Gasteiger charge is -2.32. The number of hydrogen-bond acceptors (Lipinski definition) is 5. The summed E-state index contributed by atoms with van der Waals surface area (Å²) in [6.45, 7) is 2.90. The summed E-state index contributed by atoms with van der Waals surface area (Å²) in [5, 5.41) is 3.59. The van der Waals surface area contributed by atoms with Gasteiger partial charge in [0.05, 0.1) is 17.7 Å². The largest absolute Gasteiger partial charge is 0.497 e. The zero-order valence-corrected chi connectivity index (χ0v) is 24.6. The minimum Gasteiger partial charge on any atom is -0.497 e. The van der Waals surface area contributed by atoms with Crippen LogP contribution in [0.25, 0.3) is 0 Å². The normalized spacial score (nSPS) is 11.9. The van der Waals surface area contributed by atoms with Crippen molar-refractivity contribution in [3.8, 4) is 5.75 Å². The Kier molecular flexibility index (Phi) is 10.5. The van der Waals surface area contributed by atoms with E-state index < -0.39 is 34.4 Å². The van der Waals surface area contributed by atoms with E-state index in [4.69, 9.17) is 39.5 Å². The molecule has 3 aromatic carbocycles. The number of likely N-dealkylation sites (N-methyl/N-ethyl adjacent to an activating group) is 1. The van der Waals surface area contributed by atoms with Crippen LogP contribution in [0.15, 0.2) is 71.6 Å². The fourth-order valence-electron chi connectivity index (χ4n) is 3.79. The van der Waals surface area contributed by atoms with Crippen molar-refractivity contribution in [2.24, 2.45) is 0 Å². The van der Waals surface area contributed by atoms with E-state index in [1.165, 1.54) is 48.4 Å². The highest BCUT2D eigenvalue weighted by Crippen LogP contribution is 2.29. The molecule has 0 heterocycles. The van der Waals surface area contributed by atoms with Crippen LogP contribution in [-0.2, 0) is 26.2 Å². The second-order valence-corrected chi connectivity index (χ2v) is 11.6. The molecule has 2 amide bonds. The number of nitrogens with zero attached hydrogens (tertiary/aromatic N) is 2. The highest BCUT2D eigenvalue weighted by Gasteiger charge is 2.33. The number of methoxy groups -OCH3 is 1. The molecule has 1 N–H and O–H groups in total. The van der Waals surface area contributed by atoms with E-state index in [1.54, 1.807) is 44.2 Å². The Morgan fingerprint density at radius 1 is 0.974 bits per heavy atom. The van der Waals surface area contributed by atoms with Crippen LogP contribution in [0.3, 0.4) is 0 Å². The second-order valence-electron chi connectivity index (χ2n) is 8.46. The zero-order valence-electron chi connectivity index (χ0n) is 21.5. The van der Waals surface area contributed by atoms with E-state index in [-0.39, 0.29) is 22.2 Å². The van der Waals surface area contributed by atoms with Crippen molar-refractivity contribution in [2.45, 2.75) is 31.3 Å². The number of amides is 2.